The third kappa shape index (κ3) is 4.62. The predicted octanol–water partition coefficient (Wildman–Crippen LogP) is 3.97. The Morgan fingerprint density at radius 1 is 1.15 bits per heavy atom. The first-order chi connectivity index (χ1) is 6.08. The van der Waals surface area contributed by atoms with Crippen LogP contribution in [0.15, 0.2) is 35.3 Å². The molecule has 0 aromatic heterocycles. The van der Waals surface area contributed by atoms with Crippen molar-refractivity contribution in [3.05, 3.63) is 30.3 Å². The Labute approximate surface area is 81.3 Å². The zero-order valence-electron chi connectivity index (χ0n) is 8.28. The summed E-state index contributed by atoms with van der Waals surface area (Å²) in [7, 11) is 1.13. The Morgan fingerprint density at radius 2 is 1.77 bits per heavy atom. The SMILES string of the molecule is CC(C)(C)P=C=Nc1ccccc1. The highest BCUT2D eigenvalue weighted by atomic mass is 31.1. The van der Waals surface area contributed by atoms with E-state index in [2.05, 4.69) is 31.4 Å². The number of benzene rings is 1. The molecule has 0 saturated carbocycles. The standard InChI is InChI=1S/C11H14NP/c1-11(2,3)13-9-12-10-7-5-4-6-8-10/h4-8H,1-3H3. The van der Waals surface area contributed by atoms with E-state index >= 15 is 0 Å². The third-order valence-electron chi connectivity index (χ3n) is 1.32. The van der Waals surface area contributed by atoms with Crippen LogP contribution in [0.3, 0.4) is 0 Å². The summed E-state index contributed by atoms with van der Waals surface area (Å²) >= 11 is 0. The second kappa shape index (κ2) is 4.37. The van der Waals surface area contributed by atoms with Gasteiger partial charge in [0, 0.05) is 10.7 Å². The molecule has 2 heteroatoms. The fourth-order valence-electron chi connectivity index (χ4n) is 0.735. The molecule has 0 bridgehead atoms. The van der Waals surface area contributed by atoms with Crippen LogP contribution in [0.4, 0.5) is 5.69 Å². The minimum absolute atomic E-state index is 0.248. The molecule has 13 heavy (non-hydrogen) atoms. The highest BCUT2D eigenvalue weighted by molar-refractivity contribution is 7.39. The van der Waals surface area contributed by atoms with E-state index in [1.807, 2.05) is 30.3 Å². The largest absolute Gasteiger partial charge is 0.202 e. The quantitative estimate of drug-likeness (QED) is 0.470. The Morgan fingerprint density at radius 3 is 2.31 bits per heavy atom. The van der Waals surface area contributed by atoms with Crippen LogP contribution in [-0.4, -0.2) is 10.7 Å². The van der Waals surface area contributed by atoms with Gasteiger partial charge in [0.2, 0.25) is 0 Å². The van der Waals surface area contributed by atoms with Crippen molar-refractivity contribution in [3.8, 4) is 0 Å². The van der Waals surface area contributed by atoms with E-state index < -0.39 is 0 Å². The lowest BCUT2D eigenvalue weighted by atomic mass is 10.3. The van der Waals surface area contributed by atoms with Crippen molar-refractivity contribution in [2.45, 2.75) is 25.9 Å². The van der Waals surface area contributed by atoms with Gasteiger partial charge >= 0.3 is 0 Å². The lowest BCUT2D eigenvalue weighted by Crippen LogP contribution is -2.00. The second-order valence-corrected chi connectivity index (χ2v) is 5.60. The Kier molecular flexibility index (Phi) is 3.42. The molecule has 1 aromatic rings. The van der Waals surface area contributed by atoms with Crippen molar-refractivity contribution in [3.63, 3.8) is 0 Å². The van der Waals surface area contributed by atoms with Gasteiger partial charge in [-0.3, -0.25) is 0 Å². The minimum atomic E-state index is 0.248. The van der Waals surface area contributed by atoms with Crippen LogP contribution in [0.2, 0.25) is 0 Å². The summed E-state index contributed by atoms with van der Waals surface area (Å²) < 4.78 is 0. The van der Waals surface area contributed by atoms with Crippen LogP contribution >= 0.6 is 8.20 Å². The van der Waals surface area contributed by atoms with E-state index in [4.69, 9.17) is 0 Å². The topological polar surface area (TPSA) is 12.4 Å². The number of hydrogen-bond acceptors (Lipinski definition) is 1. The Hall–Kier alpha value is -0.900. The van der Waals surface area contributed by atoms with Gasteiger partial charge in [0.05, 0.1) is 5.69 Å². The molecule has 0 spiro atoms. The van der Waals surface area contributed by atoms with Crippen LogP contribution in [-0.2, 0) is 0 Å². The maximum absolute atomic E-state index is 4.23. The summed E-state index contributed by atoms with van der Waals surface area (Å²) in [6.07, 6.45) is 0. The molecular formula is C11H14NP. The number of nitrogens with zero attached hydrogens (tertiary/aromatic N) is 1. The molecule has 0 atom stereocenters. The monoisotopic (exact) mass is 191 g/mol. The minimum Gasteiger partial charge on any atom is -0.202 e. The first kappa shape index (κ1) is 10.2. The van der Waals surface area contributed by atoms with Crippen molar-refractivity contribution < 1.29 is 0 Å². The van der Waals surface area contributed by atoms with Crippen molar-refractivity contribution >= 4 is 19.5 Å². The molecule has 0 unspecified atom stereocenters. The zero-order valence-corrected chi connectivity index (χ0v) is 9.18. The molecule has 0 N–H and O–H groups in total. The molecule has 0 saturated heterocycles. The molecule has 68 valence electrons. The van der Waals surface area contributed by atoms with E-state index in [1.54, 1.807) is 0 Å². The van der Waals surface area contributed by atoms with Gasteiger partial charge in [0.25, 0.3) is 0 Å². The van der Waals surface area contributed by atoms with Crippen molar-refractivity contribution in [1.29, 1.82) is 0 Å². The van der Waals surface area contributed by atoms with Gasteiger partial charge in [-0.15, -0.1) is 0 Å². The van der Waals surface area contributed by atoms with Gasteiger partial charge in [-0.05, 0) is 20.3 Å². The van der Waals surface area contributed by atoms with E-state index in [0.717, 1.165) is 13.9 Å². The lowest BCUT2D eigenvalue weighted by molar-refractivity contribution is 0.802. The van der Waals surface area contributed by atoms with Crippen LogP contribution in [0.1, 0.15) is 20.8 Å². The average Bonchev–Trinajstić information content (AvgIpc) is 2.04. The number of rotatable bonds is 1. The number of hydrogen-bond donors (Lipinski definition) is 0. The second-order valence-electron chi connectivity index (χ2n) is 3.83. The van der Waals surface area contributed by atoms with Crippen LogP contribution in [0, 0.1) is 0 Å². The van der Waals surface area contributed by atoms with E-state index in [9.17, 15) is 0 Å². The number of aliphatic imine (C=N–C) groups is 1. The summed E-state index contributed by atoms with van der Waals surface area (Å²) in [5.74, 6) is 0. The number of para-hydroxylation sites is 1. The van der Waals surface area contributed by atoms with E-state index in [0.29, 0.717) is 0 Å². The first-order valence-electron chi connectivity index (χ1n) is 4.31. The third-order valence-corrected chi connectivity index (χ3v) is 2.19. The molecular weight excluding hydrogens is 177 g/mol. The Balaban J connectivity index is 2.75. The summed E-state index contributed by atoms with van der Waals surface area (Å²) in [5.41, 5.74) is 4.01. The summed E-state index contributed by atoms with van der Waals surface area (Å²) in [6, 6.07) is 9.90. The van der Waals surface area contributed by atoms with E-state index in [1.165, 1.54) is 0 Å². The normalized spacial score (nSPS) is 11.0. The molecule has 1 aromatic carbocycles. The summed E-state index contributed by atoms with van der Waals surface area (Å²) in [5, 5.41) is 0.248. The molecule has 1 nitrogen and oxygen atoms in total. The van der Waals surface area contributed by atoms with Gasteiger partial charge in [0.1, 0.15) is 0 Å². The van der Waals surface area contributed by atoms with E-state index in [-0.39, 0.29) is 5.16 Å². The molecule has 0 aliphatic heterocycles. The average molecular weight is 191 g/mol. The van der Waals surface area contributed by atoms with Crippen molar-refractivity contribution in [2.24, 2.45) is 4.99 Å². The molecule has 0 amide bonds. The highest BCUT2D eigenvalue weighted by Gasteiger charge is 2.03. The molecule has 0 radical (unpaired) electrons. The lowest BCUT2D eigenvalue weighted by Gasteiger charge is -2.06. The van der Waals surface area contributed by atoms with Gasteiger partial charge < -0.3 is 0 Å². The maximum atomic E-state index is 4.23. The summed E-state index contributed by atoms with van der Waals surface area (Å²) in [4.78, 5) is 4.23. The molecule has 0 fully saturated rings. The maximum Gasteiger partial charge on any atom is 0.0733 e. The highest BCUT2D eigenvalue weighted by Crippen LogP contribution is 2.20. The molecule has 1 rings (SSSR count). The fourth-order valence-corrected chi connectivity index (χ4v) is 1.20. The van der Waals surface area contributed by atoms with Crippen molar-refractivity contribution in [1.82, 2.24) is 0 Å². The zero-order chi connectivity index (χ0) is 9.73. The van der Waals surface area contributed by atoms with Crippen molar-refractivity contribution in [2.75, 3.05) is 0 Å². The smallest absolute Gasteiger partial charge is 0.0733 e. The fraction of sp³-hybridized carbons (Fsp3) is 0.364. The van der Waals surface area contributed by atoms with Gasteiger partial charge in [-0.25, -0.2) is 4.99 Å². The molecule has 0 heterocycles. The summed E-state index contributed by atoms with van der Waals surface area (Å²) in [6.45, 7) is 6.51. The van der Waals surface area contributed by atoms with Crippen LogP contribution in [0.5, 0.6) is 0 Å². The van der Waals surface area contributed by atoms with Gasteiger partial charge in [-0.2, -0.15) is 0 Å². The first-order valence-corrected chi connectivity index (χ1v) is 5.20. The predicted molar refractivity (Wildman–Crippen MR) is 60.2 cm³/mol. The molecule has 0 aliphatic rings. The Bertz CT molecular complexity index is 316. The van der Waals surface area contributed by atoms with Crippen LogP contribution in [0.25, 0.3) is 0 Å². The van der Waals surface area contributed by atoms with Crippen LogP contribution < -0.4 is 0 Å². The molecule has 0 aliphatic carbocycles. The van der Waals surface area contributed by atoms with Gasteiger partial charge in [0.15, 0.2) is 0 Å². The van der Waals surface area contributed by atoms with Gasteiger partial charge in [-0.1, -0.05) is 39.0 Å².